The van der Waals surface area contributed by atoms with Gasteiger partial charge in [0, 0.05) is 0 Å². The Morgan fingerprint density at radius 3 is 1.88 bits per heavy atom. The molecular weight excluding hydrogens is 342 g/mol. The van der Waals surface area contributed by atoms with Crippen molar-refractivity contribution in [2.24, 2.45) is 5.41 Å². The molecule has 0 unspecified atom stereocenters. The molecule has 1 rings (SSSR count). The van der Waals surface area contributed by atoms with Gasteiger partial charge in [0.25, 0.3) is 5.41 Å². The zero-order valence-corrected chi connectivity index (χ0v) is 12.7. The standard InChI is InChI=1S/C15H14F6O3/c1-23-11-7-5-10(6-8-11)4-3-9-13(12(22)24-2,14(16,17)18)15(19,20)21/h3-8H,9H2,1-2H3/b4-3+. The third-order valence-corrected chi connectivity index (χ3v) is 3.35. The number of allylic oxidation sites excluding steroid dienone is 1. The van der Waals surface area contributed by atoms with Gasteiger partial charge in [-0.25, -0.2) is 0 Å². The Kier molecular flexibility index (Phi) is 5.91. The van der Waals surface area contributed by atoms with Crippen LogP contribution in [0.15, 0.2) is 30.3 Å². The fraction of sp³-hybridized carbons (Fsp3) is 0.400. The molecule has 1 aromatic rings. The average Bonchev–Trinajstić information content (AvgIpc) is 2.49. The molecule has 134 valence electrons. The Labute approximate surface area is 133 Å². The van der Waals surface area contributed by atoms with Crippen molar-refractivity contribution >= 4 is 12.0 Å². The third-order valence-electron chi connectivity index (χ3n) is 3.35. The number of hydrogen-bond acceptors (Lipinski definition) is 3. The molecule has 0 spiro atoms. The molecular formula is C15H14F6O3. The normalized spacial score (nSPS) is 13.2. The highest BCUT2D eigenvalue weighted by Crippen LogP contribution is 2.53. The first-order valence-electron chi connectivity index (χ1n) is 6.52. The maximum Gasteiger partial charge on any atom is 0.414 e. The highest BCUT2D eigenvalue weighted by molar-refractivity contribution is 5.79. The fourth-order valence-corrected chi connectivity index (χ4v) is 1.97. The van der Waals surface area contributed by atoms with Crippen molar-refractivity contribution in [1.82, 2.24) is 0 Å². The minimum Gasteiger partial charge on any atom is -0.497 e. The second-order valence-corrected chi connectivity index (χ2v) is 4.77. The second-order valence-electron chi connectivity index (χ2n) is 4.77. The molecule has 9 heteroatoms. The lowest BCUT2D eigenvalue weighted by molar-refractivity contribution is -0.330. The lowest BCUT2D eigenvalue weighted by atomic mass is 9.82. The van der Waals surface area contributed by atoms with Gasteiger partial charge in [0.05, 0.1) is 14.2 Å². The Balaban J connectivity index is 3.17. The molecule has 0 saturated carbocycles. The first-order chi connectivity index (χ1) is 11.0. The zero-order chi connectivity index (χ0) is 18.6. The van der Waals surface area contributed by atoms with E-state index in [1.54, 1.807) is 0 Å². The molecule has 1 aromatic carbocycles. The molecule has 0 amide bonds. The average molecular weight is 356 g/mol. The van der Waals surface area contributed by atoms with E-state index < -0.39 is 30.2 Å². The Bertz CT molecular complexity index is 573. The minimum atomic E-state index is -5.86. The summed E-state index contributed by atoms with van der Waals surface area (Å²) in [6.45, 7) is 0. The lowest BCUT2D eigenvalue weighted by Crippen LogP contribution is -2.55. The second kappa shape index (κ2) is 7.14. The van der Waals surface area contributed by atoms with Crippen LogP contribution in [0.25, 0.3) is 6.08 Å². The van der Waals surface area contributed by atoms with E-state index in [0.717, 1.165) is 6.08 Å². The first-order valence-corrected chi connectivity index (χ1v) is 6.52. The van der Waals surface area contributed by atoms with Crippen LogP contribution >= 0.6 is 0 Å². The van der Waals surface area contributed by atoms with Crippen LogP contribution in [-0.2, 0) is 9.53 Å². The Hall–Kier alpha value is -2.19. The predicted molar refractivity (Wildman–Crippen MR) is 73.2 cm³/mol. The molecule has 0 aliphatic heterocycles. The van der Waals surface area contributed by atoms with Crippen LogP contribution < -0.4 is 4.74 Å². The van der Waals surface area contributed by atoms with Gasteiger partial charge in [0.2, 0.25) is 0 Å². The predicted octanol–water partition coefficient (Wildman–Crippen LogP) is 4.38. The number of ether oxygens (including phenoxy) is 2. The number of esters is 1. The molecule has 0 heterocycles. The van der Waals surface area contributed by atoms with Crippen LogP contribution in [0.5, 0.6) is 5.75 Å². The zero-order valence-electron chi connectivity index (χ0n) is 12.7. The summed E-state index contributed by atoms with van der Waals surface area (Å²) in [5, 5.41) is 0. The van der Waals surface area contributed by atoms with Gasteiger partial charge in [-0.3, -0.25) is 4.79 Å². The lowest BCUT2D eigenvalue weighted by Gasteiger charge is -2.33. The molecule has 24 heavy (non-hydrogen) atoms. The summed E-state index contributed by atoms with van der Waals surface area (Å²) in [5.41, 5.74) is -4.27. The molecule has 0 aromatic heterocycles. The number of methoxy groups -OCH3 is 2. The van der Waals surface area contributed by atoms with Gasteiger partial charge >= 0.3 is 18.3 Å². The molecule has 0 fully saturated rings. The van der Waals surface area contributed by atoms with E-state index in [-0.39, 0.29) is 0 Å². The monoisotopic (exact) mass is 356 g/mol. The quantitative estimate of drug-likeness (QED) is 0.580. The van der Waals surface area contributed by atoms with Gasteiger partial charge in [-0.1, -0.05) is 24.3 Å². The summed E-state index contributed by atoms with van der Waals surface area (Å²) in [4.78, 5) is 11.3. The third kappa shape index (κ3) is 3.82. The van der Waals surface area contributed by atoms with Crippen molar-refractivity contribution in [3.63, 3.8) is 0 Å². The van der Waals surface area contributed by atoms with Gasteiger partial charge < -0.3 is 9.47 Å². The van der Waals surface area contributed by atoms with Crippen molar-refractivity contribution in [2.45, 2.75) is 18.8 Å². The first kappa shape index (κ1) is 19.9. The largest absolute Gasteiger partial charge is 0.497 e. The summed E-state index contributed by atoms with van der Waals surface area (Å²) < 4.78 is 87.0. The Morgan fingerprint density at radius 2 is 1.50 bits per heavy atom. The van der Waals surface area contributed by atoms with E-state index in [9.17, 15) is 31.1 Å². The molecule has 0 saturated heterocycles. The van der Waals surface area contributed by atoms with Gasteiger partial charge in [-0.2, -0.15) is 26.3 Å². The topological polar surface area (TPSA) is 35.5 Å². The maximum absolute atomic E-state index is 13.1. The van der Waals surface area contributed by atoms with E-state index in [1.165, 1.54) is 31.4 Å². The summed E-state index contributed by atoms with van der Waals surface area (Å²) in [5.74, 6) is -1.93. The van der Waals surface area contributed by atoms with E-state index in [1.807, 2.05) is 0 Å². The van der Waals surface area contributed by atoms with Gasteiger partial charge in [-0.05, 0) is 24.1 Å². The number of hydrogen-bond donors (Lipinski definition) is 0. The molecule has 0 aliphatic rings. The number of carbonyl (C=O) groups excluding carboxylic acids is 1. The van der Waals surface area contributed by atoms with Gasteiger partial charge in [0.1, 0.15) is 5.75 Å². The molecule has 0 aliphatic carbocycles. The molecule has 0 N–H and O–H groups in total. The van der Waals surface area contributed by atoms with Crippen LogP contribution in [0.3, 0.4) is 0 Å². The van der Waals surface area contributed by atoms with E-state index in [4.69, 9.17) is 4.74 Å². The number of carbonyl (C=O) groups is 1. The van der Waals surface area contributed by atoms with Gasteiger partial charge in [0.15, 0.2) is 0 Å². The van der Waals surface area contributed by atoms with E-state index in [2.05, 4.69) is 4.74 Å². The van der Waals surface area contributed by atoms with E-state index in [0.29, 0.717) is 24.5 Å². The minimum absolute atomic E-state index is 0.346. The summed E-state index contributed by atoms with van der Waals surface area (Å²) >= 11 is 0. The van der Waals surface area contributed by atoms with Crippen LogP contribution in [-0.4, -0.2) is 32.5 Å². The highest BCUT2D eigenvalue weighted by atomic mass is 19.4. The maximum atomic E-state index is 13.1. The Morgan fingerprint density at radius 1 is 1.00 bits per heavy atom. The van der Waals surface area contributed by atoms with Gasteiger partial charge in [-0.15, -0.1) is 0 Å². The summed E-state index contributed by atoms with van der Waals surface area (Å²) in [6, 6.07) is 5.86. The molecule has 0 bridgehead atoms. The van der Waals surface area contributed by atoms with Crippen molar-refractivity contribution in [3.05, 3.63) is 35.9 Å². The van der Waals surface area contributed by atoms with Crippen LogP contribution in [0.2, 0.25) is 0 Å². The highest BCUT2D eigenvalue weighted by Gasteiger charge is 2.75. The van der Waals surface area contributed by atoms with Crippen molar-refractivity contribution in [2.75, 3.05) is 14.2 Å². The van der Waals surface area contributed by atoms with Crippen LogP contribution in [0.4, 0.5) is 26.3 Å². The van der Waals surface area contributed by atoms with Crippen LogP contribution in [0, 0.1) is 5.41 Å². The number of halogens is 6. The smallest absolute Gasteiger partial charge is 0.414 e. The fourth-order valence-electron chi connectivity index (χ4n) is 1.97. The SMILES string of the molecule is COC(=O)C(C/C=C/c1ccc(OC)cc1)(C(F)(F)F)C(F)(F)F. The number of rotatable bonds is 5. The number of alkyl halides is 6. The summed E-state index contributed by atoms with van der Waals surface area (Å²) in [7, 11) is 1.88. The molecule has 3 nitrogen and oxygen atoms in total. The summed E-state index contributed by atoms with van der Waals surface area (Å²) in [6.07, 6.45) is -11.7. The van der Waals surface area contributed by atoms with Crippen molar-refractivity contribution in [1.29, 1.82) is 0 Å². The number of benzene rings is 1. The molecule has 0 radical (unpaired) electrons. The van der Waals surface area contributed by atoms with E-state index >= 15 is 0 Å². The van der Waals surface area contributed by atoms with Crippen molar-refractivity contribution < 1.29 is 40.6 Å². The van der Waals surface area contributed by atoms with Crippen LogP contribution in [0.1, 0.15) is 12.0 Å². The molecule has 0 atom stereocenters. The van der Waals surface area contributed by atoms with Crippen molar-refractivity contribution in [3.8, 4) is 5.75 Å².